The molecule has 3 aliphatic rings. The first kappa shape index (κ1) is 26.1. The Balaban J connectivity index is 1.33. The molecule has 0 spiro atoms. The summed E-state index contributed by atoms with van der Waals surface area (Å²) in [6.45, 7) is 5.88. The number of aliphatic hydroxyl groups is 1. The van der Waals surface area contributed by atoms with Gasteiger partial charge in [0.15, 0.2) is 0 Å². The molecule has 37 heavy (non-hydrogen) atoms. The van der Waals surface area contributed by atoms with Crippen LogP contribution in [0.4, 0.5) is 0 Å². The smallest absolute Gasteiger partial charge is 0.262 e. The van der Waals surface area contributed by atoms with Gasteiger partial charge >= 0.3 is 0 Å². The number of aliphatic hydroxyl groups excluding tert-OH is 1. The zero-order valence-electron chi connectivity index (χ0n) is 20.6. The molecule has 0 aliphatic carbocycles. The van der Waals surface area contributed by atoms with Crippen molar-refractivity contribution in [2.24, 2.45) is 4.99 Å². The molecule has 0 radical (unpaired) electrons. The number of piperidine rings is 2. The average molecular weight is 511 g/mol. The molecular weight excluding hydrogens is 480 g/mol. The Hall–Kier alpha value is -3.99. The number of aliphatic imine (C=N–C) groups is 1. The number of hydrogen-bond donors (Lipinski definition) is 2. The van der Waals surface area contributed by atoms with E-state index in [2.05, 4.69) is 21.8 Å². The molecule has 3 aliphatic heterocycles. The highest BCUT2D eigenvalue weighted by atomic mass is 16.5. The number of ether oxygens (including phenoxy) is 2. The van der Waals surface area contributed by atoms with Crippen molar-refractivity contribution in [2.45, 2.75) is 37.8 Å². The summed E-state index contributed by atoms with van der Waals surface area (Å²) >= 11 is 0. The summed E-state index contributed by atoms with van der Waals surface area (Å²) in [7, 11) is 1.63. The summed E-state index contributed by atoms with van der Waals surface area (Å²) in [4.78, 5) is 56.4. The van der Waals surface area contributed by atoms with Crippen LogP contribution >= 0.6 is 0 Å². The Labute approximate surface area is 214 Å². The van der Waals surface area contributed by atoms with Crippen LogP contribution in [0.3, 0.4) is 0 Å². The Morgan fingerprint density at radius 1 is 1.14 bits per heavy atom. The van der Waals surface area contributed by atoms with E-state index in [4.69, 9.17) is 9.47 Å². The van der Waals surface area contributed by atoms with Crippen molar-refractivity contribution in [3.63, 3.8) is 0 Å². The summed E-state index contributed by atoms with van der Waals surface area (Å²) in [5.74, 6) is -1.35. The number of fused-ring (bicyclic) bond motifs is 1. The van der Waals surface area contributed by atoms with Crippen molar-refractivity contribution >= 4 is 29.8 Å². The molecule has 4 rings (SSSR count). The second-order valence-corrected chi connectivity index (χ2v) is 9.00. The third-order valence-electron chi connectivity index (χ3n) is 6.47. The predicted octanol–water partition coefficient (Wildman–Crippen LogP) is 1.04. The first-order chi connectivity index (χ1) is 17.8. The quantitative estimate of drug-likeness (QED) is 0.165. The van der Waals surface area contributed by atoms with Gasteiger partial charge < -0.3 is 19.5 Å². The fourth-order valence-electron chi connectivity index (χ4n) is 4.51. The second-order valence-electron chi connectivity index (χ2n) is 9.00. The minimum absolute atomic E-state index is 0.0614. The lowest BCUT2D eigenvalue weighted by Gasteiger charge is -2.31. The van der Waals surface area contributed by atoms with Gasteiger partial charge in [-0.2, -0.15) is 0 Å². The van der Waals surface area contributed by atoms with Crippen molar-refractivity contribution in [1.82, 2.24) is 15.1 Å². The highest BCUT2D eigenvalue weighted by Gasteiger charge is 2.44. The van der Waals surface area contributed by atoms with Crippen molar-refractivity contribution in [1.29, 1.82) is 0 Å². The van der Waals surface area contributed by atoms with Gasteiger partial charge in [0.1, 0.15) is 30.8 Å². The van der Waals surface area contributed by atoms with E-state index in [9.17, 15) is 24.3 Å². The van der Waals surface area contributed by atoms with E-state index < -0.39 is 29.7 Å². The highest BCUT2D eigenvalue weighted by molar-refractivity contribution is 6.23. The van der Waals surface area contributed by atoms with E-state index in [0.717, 1.165) is 23.7 Å². The molecule has 196 valence electrons. The van der Waals surface area contributed by atoms with Gasteiger partial charge in [-0.3, -0.25) is 34.4 Å². The van der Waals surface area contributed by atoms with E-state index in [1.54, 1.807) is 25.4 Å². The molecule has 2 fully saturated rings. The van der Waals surface area contributed by atoms with Crippen LogP contribution in [0.5, 0.6) is 5.75 Å². The third-order valence-corrected chi connectivity index (χ3v) is 6.47. The van der Waals surface area contributed by atoms with E-state index in [0.29, 0.717) is 24.4 Å². The number of rotatable bonds is 9. The lowest BCUT2D eigenvalue weighted by atomic mass is 10.0. The van der Waals surface area contributed by atoms with E-state index >= 15 is 0 Å². The minimum atomic E-state index is -1.02. The number of carbonyl (C=O) groups excluding carboxylic acids is 4. The molecule has 2 N–H and O–H groups in total. The first-order valence-corrected chi connectivity index (χ1v) is 12.2. The second kappa shape index (κ2) is 11.4. The van der Waals surface area contributed by atoms with Crippen LogP contribution < -0.4 is 10.1 Å². The monoisotopic (exact) mass is 510 g/mol. The normalized spacial score (nSPS) is 20.9. The van der Waals surface area contributed by atoms with Gasteiger partial charge in [-0.1, -0.05) is 6.58 Å². The molecule has 0 saturated carbocycles. The molecular formula is C26H30N4O7. The summed E-state index contributed by atoms with van der Waals surface area (Å²) in [6, 6.07) is 3.53. The maximum Gasteiger partial charge on any atom is 0.262 e. The number of likely N-dealkylation sites (tertiary alicyclic amines) is 1. The molecule has 0 bridgehead atoms. The Morgan fingerprint density at radius 3 is 2.57 bits per heavy atom. The van der Waals surface area contributed by atoms with Crippen LogP contribution in [0.25, 0.3) is 0 Å². The van der Waals surface area contributed by atoms with Gasteiger partial charge in [0.25, 0.3) is 11.8 Å². The van der Waals surface area contributed by atoms with Crippen LogP contribution in [-0.4, -0.2) is 90.2 Å². The van der Waals surface area contributed by atoms with E-state index in [1.165, 1.54) is 12.1 Å². The third kappa shape index (κ3) is 5.88. The molecule has 1 unspecified atom stereocenters. The number of allylic oxidation sites excluding steroid dienone is 2. The molecule has 1 aromatic carbocycles. The maximum absolute atomic E-state index is 12.9. The summed E-state index contributed by atoms with van der Waals surface area (Å²) in [5, 5.41) is 11.9. The Bertz CT molecular complexity index is 1170. The highest BCUT2D eigenvalue weighted by Crippen LogP contribution is 2.30. The number of carbonyl (C=O) groups is 4. The molecule has 1 aromatic rings. The van der Waals surface area contributed by atoms with Crippen LogP contribution in [-0.2, 0) is 14.3 Å². The Kier molecular flexibility index (Phi) is 8.02. The molecule has 11 nitrogen and oxygen atoms in total. The molecule has 1 atom stereocenters. The molecule has 2 saturated heterocycles. The van der Waals surface area contributed by atoms with Gasteiger partial charge in [0.05, 0.1) is 23.4 Å². The lowest BCUT2D eigenvalue weighted by Crippen LogP contribution is -2.54. The van der Waals surface area contributed by atoms with Crippen LogP contribution in [0, 0.1) is 0 Å². The van der Waals surface area contributed by atoms with Gasteiger partial charge in [-0.05, 0) is 37.5 Å². The van der Waals surface area contributed by atoms with E-state index in [-0.39, 0.29) is 43.3 Å². The van der Waals surface area contributed by atoms with Crippen LogP contribution in [0.1, 0.15) is 46.4 Å². The molecule has 4 amide bonds. The number of imide groups is 2. The Morgan fingerprint density at radius 2 is 1.86 bits per heavy atom. The maximum atomic E-state index is 12.9. The fraction of sp³-hybridized carbons (Fsp3) is 0.423. The predicted molar refractivity (Wildman–Crippen MR) is 133 cm³/mol. The zero-order chi connectivity index (χ0) is 26.5. The van der Waals surface area contributed by atoms with Crippen molar-refractivity contribution < 1.29 is 33.8 Å². The molecule has 3 heterocycles. The lowest BCUT2D eigenvalue weighted by molar-refractivity contribution is -0.136. The van der Waals surface area contributed by atoms with Gasteiger partial charge in [0, 0.05) is 38.3 Å². The van der Waals surface area contributed by atoms with Crippen LogP contribution in [0.15, 0.2) is 47.3 Å². The number of hydrogen-bond acceptors (Lipinski definition) is 9. The van der Waals surface area contributed by atoms with Gasteiger partial charge in [-0.25, -0.2) is 0 Å². The first-order valence-electron chi connectivity index (χ1n) is 12.2. The SMILES string of the molecule is C=C(/C=C(\C=NC)OCCOc1ccc2c(c1)C(=O)N(C1CCC(=O)NC1=O)C2=O)N1CCC(O)CC1. The van der Waals surface area contributed by atoms with Gasteiger partial charge in [0.2, 0.25) is 11.8 Å². The molecule has 11 heteroatoms. The number of amides is 4. The summed E-state index contributed by atoms with van der Waals surface area (Å²) < 4.78 is 11.5. The largest absolute Gasteiger partial charge is 0.490 e. The number of benzene rings is 1. The average Bonchev–Trinajstić information content (AvgIpc) is 3.11. The summed E-state index contributed by atoms with van der Waals surface area (Å²) in [6.07, 6.45) is 4.64. The van der Waals surface area contributed by atoms with Crippen LogP contribution in [0.2, 0.25) is 0 Å². The topological polar surface area (TPSA) is 138 Å². The van der Waals surface area contributed by atoms with Crippen molar-refractivity contribution in [2.75, 3.05) is 33.4 Å². The number of nitrogens with one attached hydrogen (secondary N) is 1. The standard InChI is InChI=1S/C26H30N4O7/c1-16(29-9-7-17(31)8-10-29)13-19(15-27-2)37-12-11-36-18-3-4-20-21(14-18)26(35)30(25(20)34)22-5-6-23(32)28-24(22)33/h3-4,13-15,17,22,31H,1,5-12H2,2H3,(H,28,32,33)/b19-13+,27-15?. The zero-order valence-corrected chi connectivity index (χ0v) is 20.6. The number of nitrogens with zero attached hydrogens (tertiary/aromatic N) is 3. The summed E-state index contributed by atoms with van der Waals surface area (Å²) in [5.41, 5.74) is 1.10. The molecule has 0 aromatic heterocycles. The van der Waals surface area contributed by atoms with Crippen molar-refractivity contribution in [3.05, 3.63) is 53.4 Å². The van der Waals surface area contributed by atoms with Crippen molar-refractivity contribution in [3.8, 4) is 5.75 Å². The fourth-order valence-corrected chi connectivity index (χ4v) is 4.51. The van der Waals surface area contributed by atoms with E-state index in [1.807, 2.05) is 0 Å². The minimum Gasteiger partial charge on any atom is -0.490 e. The van der Waals surface area contributed by atoms with Gasteiger partial charge in [-0.15, -0.1) is 0 Å².